The van der Waals surface area contributed by atoms with Gasteiger partial charge in [-0.3, -0.25) is 4.79 Å². The van der Waals surface area contributed by atoms with Crippen molar-refractivity contribution in [3.05, 3.63) is 59.3 Å². The van der Waals surface area contributed by atoms with Crippen molar-refractivity contribution in [1.82, 2.24) is 4.98 Å². The highest BCUT2D eigenvalue weighted by Gasteiger charge is 2.15. The lowest BCUT2D eigenvalue weighted by Gasteiger charge is -2.05. The van der Waals surface area contributed by atoms with Gasteiger partial charge in [-0.2, -0.15) is 0 Å². The minimum absolute atomic E-state index is 0.0312. The number of hydrogen-bond donors (Lipinski definition) is 2. The van der Waals surface area contributed by atoms with Gasteiger partial charge in [0, 0.05) is 6.20 Å². The van der Waals surface area contributed by atoms with Gasteiger partial charge in [-0.05, 0) is 24.3 Å². The van der Waals surface area contributed by atoms with E-state index < -0.39 is 29.1 Å². The van der Waals surface area contributed by atoms with E-state index in [1.807, 2.05) is 0 Å². The summed E-state index contributed by atoms with van der Waals surface area (Å²) in [6.07, 6.45) is 1.04. The average Bonchev–Trinajstić information content (AvgIpc) is 2.42. The number of carbonyl (C=O) groups is 2. The molecule has 1 heterocycles. The molecule has 0 saturated heterocycles. The van der Waals surface area contributed by atoms with Gasteiger partial charge < -0.3 is 10.4 Å². The number of anilines is 1. The second-order valence-electron chi connectivity index (χ2n) is 3.79. The van der Waals surface area contributed by atoms with E-state index in [0.717, 1.165) is 18.3 Å². The molecule has 2 rings (SSSR count). The zero-order valence-electron chi connectivity index (χ0n) is 9.93. The molecule has 0 bridgehead atoms. The highest BCUT2D eigenvalue weighted by molar-refractivity contribution is 6.04. The van der Waals surface area contributed by atoms with Crippen molar-refractivity contribution >= 4 is 17.7 Å². The van der Waals surface area contributed by atoms with E-state index in [1.54, 1.807) is 0 Å². The summed E-state index contributed by atoms with van der Waals surface area (Å²) in [6.45, 7) is 0. The number of pyridine rings is 1. The van der Waals surface area contributed by atoms with Crippen molar-refractivity contribution in [1.29, 1.82) is 0 Å². The van der Waals surface area contributed by atoms with Crippen LogP contribution in [0.2, 0.25) is 0 Å². The Hall–Kier alpha value is -2.83. The number of carbonyl (C=O) groups excluding carboxylic acids is 1. The molecule has 5 nitrogen and oxygen atoms in total. The summed E-state index contributed by atoms with van der Waals surface area (Å²) in [4.78, 5) is 26.0. The number of aromatic carboxylic acids is 1. The number of carboxylic acid groups (broad SMARTS) is 1. The first kappa shape index (κ1) is 13.6. The van der Waals surface area contributed by atoms with Crippen LogP contribution < -0.4 is 5.32 Å². The van der Waals surface area contributed by atoms with Crippen molar-refractivity contribution < 1.29 is 23.5 Å². The zero-order chi connectivity index (χ0) is 14.7. The first-order valence-corrected chi connectivity index (χ1v) is 5.44. The summed E-state index contributed by atoms with van der Waals surface area (Å²) in [7, 11) is 0. The van der Waals surface area contributed by atoms with Crippen LogP contribution in [-0.4, -0.2) is 22.0 Å². The smallest absolute Gasteiger partial charge is 0.337 e. The first-order chi connectivity index (χ1) is 9.49. The van der Waals surface area contributed by atoms with Crippen molar-refractivity contribution in [3.63, 3.8) is 0 Å². The van der Waals surface area contributed by atoms with Crippen LogP contribution in [0.25, 0.3) is 0 Å². The van der Waals surface area contributed by atoms with Gasteiger partial charge >= 0.3 is 5.97 Å². The second-order valence-corrected chi connectivity index (χ2v) is 3.79. The summed E-state index contributed by atoms with van der Waals surface area (Å²) in [6, 6.07) is 5.70. The summed E-state index contributed by atoms with van der Waals surface area (Å²) >= 11 is 0. The number of nitrogens with one attached hydrogen (secondary N) is 1. The van der Waals surface area contributed by atoms with Gasteiger partial charge in [-0.1, -0.05) is 6.07 Å². The number of carboxylic acids is 1. The monoisotopic (exact) mass is 278 g/mol. The third kappa shape index (κ3) is 2.77. The van der Waals surface area contributed by atoms with E-state index >= 15 is 0 Å². The molecule has 0 spiro atoms. The maximum atomic E-state index is 13.4. The fourth-order valence-electron chi connectivity index (χ4n) is 1.46. The molecular weight excluding hydrogens is 270 g/mol. The number of benzene rings is 1. The van der Waals surface area contributed by atoms with Crippen LogP contribution in [-0.2, 0) is 0 Å². The topological polar surface area (TPSA) is 79.3 Å². The SMILES string of the molecule is O=C(O)c1ccc(NC(=O)c2cccc(F)c2F)nc1. The molecule has 20 heavy (non-hydrogen) atoms. The minimum atomic E-state index is -1.26. The van der Waals surface area contributed by atoms with Gasteiger partial charge in [0.05, 0.1) is 11.1 Å². The Bertz CT molecular complexity index is 672. The molecule has 1 aromatic heterocycles. The molecule has 0 saturated carbocycles. The molecule has 0 aliphatic rings. The van der Waals surface area contributed by atoms with Gasteiger partial charge in [-0.15, -0.1) is 0 Å². The molecule has 1 aromatic carbocycles. The molecule has 0 fully saturated rings. The molecule has 0 atom stereocenters. The maximum absolute atomic E-state index is 13.4. The first-order valence-electron chi connectivity index (χ1n) is 5.44. The van der Waals surface area contributed by atoms with Crippen LogP contribution in [0.3, 0.4) is 0 Å². The largest absolute Gasteiger partial charge is 0.478 e. The Balaban J connectivity index is 2.19. The summed E-state index contributed by atoms with van der Waals surface area (Å²) < 4.78 is 26.4. The summed E-state index contributed by atoms with van der Waals surface area (Å²) in [5.41, 5.74) is -0.519. The molecule has 0 unspecified atom stereocenters. The lowest BCUT2D eigenvalue weighted by Crippen LogP contribution is -2.15. The predicted molar refractivity (Wildman–Crippen MR) is 65.5 cm³/mol. The van der Waals surface area contributed by atoms with E-state index in [1.165, 1.54) is 18.2 Å². The number of rotatable bonds is 3. The van der Waals surface area contributed by atoms with Crippen molar-refractivity contribution in [2.75, 3.05) is 5.32 Å². The molecule has 0 radical (unpaired) electrons. The van der Waals surface area contributed by atoms with Crippen LogP contribution in [0.1, 0.15) is 20.7 Å². The highest BCUT2D eigenvalue weighted by atomic mass is 19.2. The van der Waals surface area contributed by atoms with E-state index in [-0.39, 0.29) is 11.4 Å². The molecule has 2 N–H and O–H groups in total. The fourth-order valence-corrected chi connectivity index (χ4v) is 1.46. The lowest BCUT2D eigenvalue weighted by molar-refractivity contribution is 0.0696. The predicted octanol–water partition coefficient (Wildman–Crippen LogP) is 2.31. The third-order valence-electron chi connectivity index (χ3n) is 2.45. The van der Waals surface area contributed by atoms with Crippen LogP contribution in [0, 0.1) is 11.6 Å². The normalized spacial score (nSPS) is 10.1. The van der Waals surface area contributed by atoms with Gasteiger partial charge in [0.15, 0.2) is 11.6 Å². The minimum Gasteiger partial charge on any atom is -0.478 e. The Morgan fingerprint density at radius 3 is 2.50 bits per heavy atom. The van der Waals surface area contributed by atoms with Crippen molar-refractivity contribution in [2.24, 2.45) is 0 Å². The van der Waals surface area contributed by atoms with Gasteiger partial charge in [0.25, 0.3) is 5.91 Å². The maximum Gasteiger partial charge on any atom is 0.337 e. The molecule has 1 amide bonds. The molecule has 2 aromatic rings. The van der Waals surface area contributed by atoms with Gasteiger partial charge in [0.2, 0.25) is 0 Å². The molecule has 0 aliphatic heterocycles. The number of aromatic nitrogens is 1. The molecular formula is C13H8F2N2O3. The Labute approximate surface area is 111 Å². The Morgan fingerprint density at radius 1 is 1.15 bits per heavy atom. The lowest BCUT2D eigenvalue weighted by atomic mass is 10.2. The van der Waals surface area contributed by atoms with Crippen molar-refractivity contribution in [3.8, 4) is 0 Å². The second kappa shape index (κ2) is 5.43. The third-order valence-corrected chi connectivity index (χ3v) is 2.45. The zero-order valence-corrected chi connectivity index (χ0v) is 9.93. The van der Waals surface area contributed by atoms with Crippen LogP contribution in [0.15, 0.2) is 36.5 Å². The van der Waals surface area contributed by atoms with Crippen molar-refractivity contribution in [2.45, 2.75) is 0 Å². The fraction of sp³-hybridized carbons (Fsp3) is 0. The quantitative estimate of drug-likeness (QED) is 0.903. The average molecular weight is 278 g/mol. The van der Waals surface area contributed by atoms with Gasteiger partial charge in [-0.25, -0.2) is 18.6 Å². The van der Waals surface area contributed by atoms with Crippen LogP contribution in [0.4, 0.5) is 14.6 Å². The highest BCUT2D eigenvalue weighted by Crippen LogP contribution is 2.13. The molecule has 7 heteroatoms. The Kier molecular flexibility index (Phi) is 3.69. The number of hydrogen-bond acceptors (Lipinski definition) is 3. The van der Waals surface area contributed by atoms with E-state index in [2.05, 4.69) is 10.3 Å². The van der Waals surface area contributed by atoms with Crippen LogP contribution >= 0.6 is 0 Å². The molecule has 0 aliphatic carbocycles. The standard InChI is InChI=1S/C13H8F2N2O3/c14-9-3-1-2-8(11(9)15)12(18)17-10-5-4-7(6-16-10)13(19)20/h1-6H,(H,19,20)(H,16,17,18). The summed E-state index contributed by atoms with van der Waals surface area (Å²) in [5, 5.41) is 10.9. The van der Waals surface area contributed by atoms with E-state index in [9.17, 15) is 18.4 Å². The van der Waals surface area contributed by atoms with E-state index in [4.69, 9.17) is 5.11 Å². The number of nitrogens with zero attached hydrogens (tertiary/aromatic N) is 1. The Morgan fingerprint density at radius 2 is 1.90 bits per heavy atom. The number of halogens is 2. The number of amides is 1. The summed E-state index contributed by atoms with van der Waals surface area (Å²) in [5.74, 6) is -4.40. The van der Waals surface area contributed by atoms with Crippen LogP contribution in [0.5, 0.6) is 0 Å². The van der Waals surface area contributed by atoms with E-state index in [0.29, 0.717) is 0 Å². The van der Waals surface area contributed by atoms with Gasteiger partial charge in [0.1, 0.15) is 5.82 Å². The molecule has 102 valence electrons.